The van der Waals surface area contributed by atoms with E-state index in [1.54, 1.807) is 18.2 Å². The van der Waals surface area contributed by atoms with Gasteiger partial charge >= 0.3 is 0 Å². The van der Waals surface area contributed by atoms with Crippen molar-refractivity contribution in [2.24, 2.45) is 0 Å². The molecule has 0 aliphatic carbocycles. The summed E-state index contributed by atoms with van der Waals surface area (Å²) in [7, 11) is 2.74. The molecule has 2 aromatic carbocycles. The van der Waals surface area contributed by atoms with E-state index >= 15 is 0 Å². The largest absolute Gasteiger partial charge is 0.493 e. The van der Waals surface area contributed by atoms with Crippen molar-refractivity contribution in [3.8, 4) is 11.5 Å². The number of nitro benzene ring substituents is 1. The van der Waals surface area contributed by atoms with Crippen molar-refractivity contribution < 1.29 is 19.2 Å². The predicted octanol–water partition coefficient (Wildman–Crippen LogP) is 2.35. The van der Waals surface area contributed by atoms with Gasteiger partial charge in [0.15, 0.2) is 11.5 Å². The second kappa shape index (κ2) is 6.48. The van der Waals surface area contributed by atoms with Crippen LogP contribution in [-0.4, -0.2) is 34.7 Å². The minimum Gasteiger partial charge on any atom is -0.493 e. The molecule has 128 valence electrons. The minimum absolute atomic E-state index is 0.152. The first-order chi connectivity index (χ1) is 12.0. The van der Waals surface area contributed by atoms with Crippen LogP contribution in [0.1, 0.15) is 10.4 Å². The van der Waals surface area contributed by atoms with E-state index in [0.29, 0.717) is 11.0 Å². The van der Waals surface area contributed by atoms with Crippen LogP contribution in [0.4, 0.5) is 5.69 Å². The Morgan fingerprint density at radius 3 is 2.56 bits per heavy atom. The molecular weight excluding hydrogens is 328 g/mol. The Hall–Kier alpha value is -3.62. The summed E-state index contributed by atoms with van der Waals surface area (Å²) in [6, 6.07) is 9.60. The lowest BCUT2D eigenvalue weighted by molar-refractivity contribution is -0.385. The molecule has 1 aromatic heterocycles. The summed E-state index contributed by atoms with van der Waals surface area (Å²) in [5.41, 5.74) is 3.39. The maximum absolute atomic E-state index is 12.6. The molecule has 0 radical (unpaired) electrons. The number of carbonyl (C=O) groups excluding carboxylic acids is 1. The molecule has 0 atom stereocenters. The first-order valence-corrected chi connectivity index (χ1v) is 7.19. The molecule has 9 nitrogen and oxygen atoms in total. The molecule has 0 spiro atoms. The molecule has 0 bridgehead atoms. The van der Waals surface area contributed by atoms with Crippen LogP contribution < -0.4 is 14.9 Å². The van der Waals surface area contributed by atoms with E-state index in [-0.39, 0.29) is 22.7 Å². The molecule has 1 amide bonds. The second-order valence-corrected chi connectivity index (χ2v) is 5.03. The fraction of sp³-hybridized carbons (Fsp3) is 0.125. The number of imidazole rings is 1. The van der Waals surface area contributed by atoms with Crippen LogP contribution in [-0.2, 0) is 0 Å². The molecule has 0 unspecified atom stereocenters. The van der Waals surface area contributed by atoms with E-state index < -0.39 is 10.8 Å². The molecule has 9 heteroatoms. The van der Waals surface area contributed by atoms with Gasteiger partial charge in [-0.3, -0.25) is 20.3 Å². The number of nitrogens with zero attached hydrogens (tertiary/aromatic N) is 3. The van der Waals surface area contributed by atoms with Crippen LogP contribution in [0.5, 0.6) is 11.5 Å². The lowest BCUT2D eigenvalue weighted by atomic mass is 10.1. The van der Waals surface area contributed by atoms with Crippen LogP contribution in [0.3, 0.4) is 0 Å². The average molecular weight is 342 g/mol. The maximum atomic E-state index is 12.6. The Bertz CT molecular complexity index is 966. The molecule has 3 rings (SSSR count). The highest BCUT2D eigenvalue weighted by Crippen LogP contribution is 2.34. The van der Waals surface area contributed by atoms with Gasteiger partial charge in [-0.05, 0) is 12.1 Å². The van der Waals surface area contributed by atoms with E-state index in [1.807, 2.05) is 6.07 Å². The highest BCUT2D eigenvalue weighted by atomic mass is 16.6. The van der Waals surface area contributed by atoms with Gasteiger partial charge in [0, 0.05) is 6.07 Å². The fourth-order valence-corrected chi connectivity index (χ4v) is 2.42. The third-order valence-corrected chi connectivity index (χ3v) is 3.62. The molecule has 0 aliphatic heterocycles. The SMILES string of the molecule is COc1cc(C(=O)Nn2cnc3ccccc32)c([N+](=O)[O-])cc1OC. The van der Waals surface area contributed by atoms with Gasteiger partial charge in [-0.15, -0.1) is 0 Å². The van der Waals surface area contributed by atoms with E-state index in [2.05, 4.69) is 10.4 Å². The number of hydrogen-bond donors (Lipinski definition) is 1. The highest BCUT2D eigenvalue weighted by Gasteiger charge is 2.25. The first kappa shape index (κ1) is 16.2. The Balaban J connectivity index is 2.02. The zero-order chi connectivity index (χ0) is 18.0. The second-order valence-electron chi connectivity index (χ2n) is 5.03. The summed E-state index contributed by atoms with van der Waals surface area (Å²) < 4.78 is 11.6. The van der Waals surface area contributed by atoms with Crippen molar-refractivity contribution in [1.82, 2.24) is 9.66 Å². The monoisotopic (exact) mass is 342 g/mol. The van der Waals surface area contributed by atoms with Crippen LogP contribution >= 0.6 is 0 Å². The highest BCUT2D eigenvalue weighted by molar-refractivity contribution is 6.04. The number of nitrogens with one attached hydrogen (secondary N) is 1. The van der Waals surface area contributed by atoms with Gasteiger partial charge in [0.1, 0.15) is 11.9 Å². The molecule has 0 fully saturated rings. The van der Waals surface area contributed by atoms with Crippen LogP contribution in [0.25, 0.3) is 11.0 Å². The third-order valence-electron chi connectivity index (χ3n) is 3.62. The number of benzene rings is 2. The van der Waals surface area contributed by atoms with Gasteiger partial charge in [0.2, 0.25) is 0 Å². The number of methoxy groups -OCH3 is 2. The molecule has 1 heterocycles. The smallest absolute Gasteiger partial charge is 0.286 e. The number of carbonyl (C=O) groups is 1. The first-order valence-electron chi connectivity index (χ1n) is 7.19. The van der Waals surface area contributed by atoms with Crippen molar-refractivity contribution in [2.75, 3.05) is 19.6 Å². The van der Waals surface area contributed by atoms with Gasteiger partial charge in [0.05, 0.1) is 36.2 Å². The Kier molecular flexibility index (Phi) is 4.21. The van der Waals surface area contributed by atoms with Crippen LogP contribution in [0.15, 0.2) is 42.7 Å². The standard InChI is InChI=1S/C16H14N4O5/c1-24-14-7-10(13(20(22)23)8-15(14)25-2)16(21)18-19-9-17-11-5-3-4-6-12(11)19/h3-9H,1-2H3,(H,18,21). The zero-order valence-electron chi connectivity index (χ0n) is 13.4. The van der Waals surface area contributed by atoms with E-state index in [9.17, 15) is 14.9 Å². The van der Waals surface area contributed by atoms with E-state index in [0.717, 1.165) is 6.07 Å². The lowest BCUT2D eigenvalue weighted by Crippen LogP contribution is -2.23. The molecule has 0 saturated carbocycles. The van der Waals surface area contributed by atoms with Crippen molar-refractivity contribution in [1.29, 1.82) is 0 Å². The number of nitro groups is 1. The average Bonchev–Trinajstić information content (AvgIpc) is 3.03. The summed E-state index contributed by atoms with van der Waals surface area (Å²) >= 11 is 0. The van der Waals surface area contributed by atoms with E-state index in [4.69, 9.17) is 9.47 Å². The summed E-state index contributed by atoms with van der Waals surface area (Å²) in [5, 5.41) is 11.3. The molecular formula is C16H14N4O5. The molecule has 0 saturated heterocycles. The van der Waals surface area contributed by atoms with Gasteiger partial charge in [-0.1, -0.05) is 12.1 Å². The lowest BCUT2D eigenvalue weighted by Gasteiger charge is -2.11. The van der Waals surface area contributed by atoms with Crippen LogP contribution in [0, 0.1) is 10.1 Å². The van der Waals surface area contributed by atoms with Crippen molar-refractivity contribution >= 4 is 22.6 Å². The topological polar surface area (TPSA) is 109 Å². The fourth-order valence-electron chi connectivity index (χ4n) is 2.42. The normalized spacial score (nSPS) is 10.5. The summed E-state index contributed by atoms with van der Waals surface area (Å²) in [5.74, 6) is -0.289. The summed E-state index contributed by atoms with van der Waals surface area (Å²) in [4.78, 5) is 27.4. The van der Waals surface area contributed by atoms with Gasteiger partial charge in [-0.25, -0.2) is 9.66 Å². The van der Waals surface area contributed by atoms with Crippen molar-refractivity contribution in [2.45, 2.75) is 0 Å². The Labute approximate surface area is 141 Å². The number of para-hydroxylation sites is 2. The number of fused-ring (bicyclic) bond motifs is 1. The predicted molar refractivity (Wildman–Crippen MR) is 89.6 cm³/mol. The number of aromatic nitrogens is 2. The minimum atomic E-state index is -0.671. The number of ether oxygens (including phenoxy) is 2. The molecule has 3 aromatic rings. The number of amides is 1. The Morgan fingerprint density at radius 2 is 1.88 bits per heavy atom. The third kappa shape index (κ3) is 2.94. The maximum Gasteiger partial charge on any atom is 0.286 e. The quantitative estimate of drug-likeness (QED) is 0.563. The Morgan fingerprint density at radius 1 is 1.20 bits per heavy atom. The number of hydrogen-bond acceptors (Lipinski definition) is 6. The van der Waals surface area contributed by atoms with Crippen molar-refractivity contribution in [3.05, 3.63) is 58.4 Å². The summed E-state index contributed by atoms with van der Waals surface area (Å²) in [6.45, 7) is 0. The van der Waals surface area contributed by atoms with Crippen molar-refractivity contribution in [3.63, 3.8) is 0 Å². The zero-order valence-corrected chi connectivity index (χ0v) is 13.4. The van der Waals surface area contributed by atoms with Crippen LogP contribution in [0.2, 0.25) is 0 Å². The number of rotatable bonds is 5. The van der Waals surface area contributed by atoms with Gasteiger partial charge < -0.3 is 9.47 Å². The summed E-state index contributed by atoms with van der Waals surface area (Å²) in [6.07, 6.45) is 1.43. The van der Waals surface area contributed by atoms with E-state index in [1.165, 1.54) is 31.3 Å². The molecule has 1 N–H and O–H groups in total. The molecule has 25 heavy (non-hydrogen) atoms. The van der Waals surface area contributed by atoms with Gasteiger partial charge in [0.25, 0.3) is 11.6 Å². The molecule has 0 aliphatic rings. The van der Waals surface area contributed by atoms with Gasteiger partial charge in [-0.2, -0.15) is 0 Å².